The fourth-order valence-corrected chi connectivity index (χ4v) is 5.14. The van der Waals surface area contributed by atoms with E-state index in [0.717, 1.165) is 12.8 Å². The van der Waals surface area contributed by atoms with Gasteiger partial charge in [0.25, 0.3) is 0 Å². The van der Waals surface area contributed by atoms with Gasteiger partial charge in [-0.1, -0.05) is 6.92 Å². The Labute approximate surface area is 108 Å². The lowest BCUT2D eigenvalue weighted by Crippen LogP contribution is -2.57. The van der Waals surface area contributed by atoms with Crippen LogP contribution in [0.2, 0.25) is 0 Å². The largest absolute Gasteiger partial charge is 0.480 e. The third-order valence-corrected chi connectivity index (χ3v) is 6.21. The number of carbonyl (C=O) groups is 1. The first-order chi connectivity index (χ1) is 8.41. The zero-order valence-electron chi connectivity index (χ0n) is 10.8. The molecule has 2 aliphatic heterocycles. The molecular weight excluding hydrogens is 254 g/mol. The first kappa shape index (κ1) is 13.8. The predicted molar refractivity (Wildman–Crippen MR) is 68.3 cm³/mol. The number of carboxylic acids is 1. The van der Waals surface area contributed by atoms with E-state index >= 15 is 0 Å². The molecule has 0 aromatic rings. The van der Waals surface area contributed by atoms with Crippen molar-refractivity contribution in [2.75, 3.05) is 18.1 Å². The highest BCUT2D eigenvalue weighted by molar-refractivity contribution is 7.91. The van der Waals surface area contributed by atoms with E-state index in [2.05, 4.69) is 0 Å². The van der Waals surface area contributed by atoms with Crippen LogP contribution in [0.3, 0.4) is 0 Å². The summed E-state index contributed by atoms with van der Waals surface area (Å²) in [6, 6.07) is -0.109. The van der Waals surface area contributed by atoms with Gasteiger partial charge in [0.05, 0.1) is 11.5 Å². The summed E-state index contributed by atoms with van der Waals surface area (Å²) in [6.07, 6.45) is 3.47. The molecular formula is C12H21NO4S. The number of rotatable bonds is 3. The number of aliphatic carboxylic acids is 1. The summed E-state index contributed by atoms with van der Waals surface area (Å²) >= 11 is 0. The highest BCUT2D eigenvalue weighted by Gasteiger charge is 2.49. The van der Waals surface area contributed by atoms with Gasteiger partial charge in [-0.3, -0.25) is 9.69 Å². The number of hydrogen-bond acceptors (Lipinski definition) is 4. The van der Waals surface area contributed by atoms with Gasteiger partial charge < -0.3 is 5.11 Å². The molecule has 2 fully saturated rings. The molecule has 0 aliphatic carbocycles. The number of nitrogens with zero attached hydrogens (tertiary/aromatic N) is 1. The van der Waals surface area contributed by atoms with Gasteiger partial charge in [0.1, 0.15) is 5.54 Å². The SMILES string of the molecule is CCC1(C(=O)O)CCCN1C1CCCS(=O)(=O)C1. The maximum absolute atomic E-state index is 11.7. The van der Waals surface area contributed by atoms with Gasteiger partial charge in [-0.05, 0) is 38.6 Å². The van der Waals surface area contributed by atoms with Crippen molar-refractivity contribution in [2.45, 2.75) is 50.6 Å². The number of likely N-dealkylation sites (tertiary alicyclic amines) is 1. The van der Waals surface area contributed by atoms with E-state index in [9.17, 15) is 18.3 Å². The first-order valence-electron chi connectivity index (χ1n) is 6.62. The second kappa shape index (κ2) is 4.81. The summed E-state index contributed by atoms with van der Waals surface area (Å²) in [5.74, 6) is -0.420. The average Bonchev–Trinajstić information content (AvgIpc) is 2.72. The van der Waals surface area contributed by atoms with E-state index in [1.807, 2.05) is 11.8 Å². The Kier molecular flexibility index (Phi) is 3.69. The van der Waals surface area contributed by atoms with Gasteiger partial charge in [0.15, 0.2) is 9.84 Å². The normalized spacial score (nSPS) is 36.6. The zero-order valence-corrected chi connectivity index (χ0v) is 11.6. The number of hydrogen-bond donors (Lipinski definition) is 1. The van der Waals surface area contributed by atoms with Crippen LogP contribution in [0.4, 0.5) is 0 Å². The molecule has 0 radical (unpaired) electrons. The third-order valence-electron chi connectivity index (χ3n) is 4.40. The van der Waals surface area contributed by atoms with Gasteiger partial charge in [0, 0.05) is 6.04 Å². The maximum atomic E-state index is 11.7. The lowest BCUT2D eigenvalue weighted by molar-refractivity contribution is -0.151. The summed E-state index contributed by atoms with van der Waals surface area (Å²) in [6.45, 7) is 2.59. The van der Waals surface area contributed by atoms with Crippen LogP contribution >= 0.6 is 0 Å². The Morgan fingerprint density at radius 1 is 1.44 bits per heavy atom. The van der Waals surface area contributed by atoms with E-state index in [1.165, 1.54) is 0 Å². The molecule has 0 saturated carbocycles. The Morgan fingerprint density at radius 3 is 2.72 bits per heavy atom. The Hall–Kier alpha value is -0.620. The maximum Gasteiger partial charge on any atom is 0.324 e. The Morgan fingerprint density at radius 2 is 2.17 bits per heavy atom. The fraction of sp³-hybridized carbons (Fsp3) is 0.917. The molecule has 2 aliphatic rings. The molecule has 0 bridgehead atoms. The lowest BCUT2D eigenvalue weighted by Gasteiger charge is -2.41. The van der Waals surface area contributed by atoms with Crippen LogP contribution in [-0.2, 0) is 14.6 Å². The van der Waals surface area contributed by atoms with Gasteiger partial charge >= 0.3 is 5.97 Å². The summed E-state index contributed by atoms with van der Waals surface area (Å²) in [5.41, 5.74) is -0.836. The lowest BCUT2D eigenvalue weighted by atomic mass is 9.91. The van der Waals surface area contributed by atoms with Crippen molar-refractivity contribution >= 4 is 15.8 Å². The van der Waals surface area contributed by atoms with Crippen molar-refractivity contribution in [1.82, 2.24) is 4.90 Å². The van der Waals surface area contributed by atoms with E-state index in [-0.39, 0.29) is 17.5 Å². The van der Waals surface area contributed by atoms with Crippen molar-refractivity contribution in [2.24, 2.45) is 0 Å². The molecule has 18 heavy (non-hydrogen) atoms. The standard InChI is InChI=1S/C12H21NO4S/c1-2-12(11(14)15)6-4-7-13(12)10-5-3-8-18(16,17)9-10/h10H,2-9H2,1H3,(H,14,15). The van der Waals surface area contributed by atoms with Crippen molar-refractivity contribution in [1.29, 1.82) is 0 Å². The van der Waals surface area contributed by atoms with E-state index < -0.39 is 21.3 Å². The Bertz CT molecular complexity index is 433. The van der Waals surface area contributed by atoms with Gasteiger partial charge in [-0.25, -0.2) is 8.42 Å². The minimum absolute atomic E-state index is 0.109. The molecule has 0 aromatic carbocycles. The van der Waals surface area contributed by atoms with E-state index in [4.69, 9.17) is 0 Å². The van der Waals surface area contributed by atoms with E-state index in [0.29, 0.717) is 25.8 Å². The van der Waals surface area contributed by atoms with Crippen LogP contribution in [0.15, 0.2) is 0 Å². The quantitative estimate of drug-likeness (QED) is 0.828. The fourth-order valence-electron chi connectivity index (χ4n) is 3.44. The molecule has 2 heterocycles. The van der Waals surface area contributed by atoms with Crippen LogP contribution < -0.4 is 0 Å². The topological polar surface area (TPSA) is 74.7 Å². The summed E-state index contributed by atoms with van der Waals surface area (Å²) in [4.78, 5) is 13.5. The average molecular weight is 275 g/mol. The van der Waals surface area contributed by atoms with Crippen LogP contribution in [0.25, 0.3) is 0 Å². The van der Waals surface area contributed by atoms with Crippen LogP contribution in [0.1, 0.15) is 39.0 Å². The molecule has 6 heteroatoms. The van der Waals surface area contributed by atoms with E-state index in [1.54, 1.807) is 0 Å². The van der Waals surface area contributed by atoms with Crippen molar-refractivity contribution in [3.63, 3.8) is 0 Å². The van der Waals surface area contributed by atoms with Crippen LogP contribution in [0.5, 0.6) is 0 Å². The second-order valence-corrected chi connectivity index (χ2v) is 7.63. The predicted octanol–water partition coefficient (Wildman–Crippen LogP) is 0.893. The monoisotopic (exact) mass is 275 g/mol. The molecule has 104 valence electrons. The highest BCUT2D eigenvalue weighted by Crippen LogP contribution is 2.36. The molecule has 2 atom stereocenters. The number of carboxylic acid groups (broad SMARTS) is 1. The molecule has 2 saturated heterocycles. The summed E-state index contributed by atoms with van der Waals surface area (Å²) in [7, 11) is -2.99. The number of sulfone groups is 1. The van der Waals surface area contributed by atoms with Crippen molar-refractivity contribution < 1.29 is 18.3 Å². The smallest absolute Gasteiger partial charge is 0.324 e. The first-order valence-corrected chi connectivity index (χ1v) is 8.44. The Balaban J connectivity index is 2.24. The molecule has 1 N–H and O–H groups in total. The molecule has 0 aromatic heterocycles. The van der Waals surface area contributed by atoms with Gasteiger partial charge in [-0.15, -0.1) is 0 Å². The summed E-state index contributed by atoms with van der Waals surface area (Å²) < 4.78 is 23.4. The zero-order chi connectivity index (χ0) is 13.4. The minimum Gasteiger partial charge on any atom is -0.480 e. The van der Waals surface area contributed by atoms with Crippen molar-refractivity contribution in [3.05, 3.63) is 0 Å². The van der Waals surface area contributed by atoms with Gasteiger partial charge in [0.2, 0.25) is 0 Å². The van der Waals surface area contributed by atoms with Crippen LogP contribution in [0, 0.1) is 0 Å². The van der Waals surface area contributed by atoms with Crippen molar-refractivity contribution in [3.8, 4) is 0 Å². The molecule has 5 nitrogen and oxygen atoms in total. The van der Waals surface area contributed by atoms with Gasteiger partial charge in [-0.2, -0.15) is 0 Å². The molecule has 0 amide bonds. The summed E-state index contributed by atoms with van der Waals surface area (Å²) in [5, 5.41) is 9.50. The minimum atomic E-state index is -2.99. The van der Waals surface area contributed by atoms with Crippen LogP contribution in [-0.4, -0.2) is 54.0 Å². The molecule has 0 spiro atoms. The molecule has 2 unspecified atom stereocenters. The third kappa shape index (κ3) is 2.28. The molecule has 2 rings (SSSR count). The highest BCUT2D eigenvalue weighted by atomic mass is 32.2. The second-order valence-electron chi connectivity index (χ2n) is 5.40.